The highest BCUT2D eigenvalue weighted by Gasteiger charge is 2.26. The van der Waals surface area contributed by atoms with Crippen LogP contribution in [0.5, 0.6) is 0 Å². The van der Waals surface area contributed by atoms with Gasteiger partial charge in [-0.15, -0.1) is 0 Å². The van der Waals surface area contributed by atoms with Crippen molar-refractivity contribution in [3.63, 3.8) is 0 Å². The van der Waals surface area contributed by atoms with Crippen LogP contribution in [-0.2, 0) is 0 Å². The second-order valence-corrected chi connectivity index (χ2v) is 6.34. The Kier molecular flexibility index (Phi) is 5.01. The Morgan fingerprint density at radius 2 is 1.88 bits per heavy atom. The van der Waals surface area contributed by atoms with Gasteiger partial charge in [-0.3, -0.25) is 0 Å². The third-order valence-electron chi connectivity index (χ3n) is 3.98. The van der Waals surface area contributed by atoms with E-state index in [4.69, 9.17) is 5.73 Å². The standard InChI is InChI=1S/C13H25N3S/c1-17-12-9-5-8-11(12)16-13(14)15-10-6-3-2-4-7-10/h10-12H,2-9H2,1H3,(H3,14,15,16). The van der Waals surface area contributed by atoms with Gasteiger partial charge in [-0.1, -0.05) is 25.7 Å². The zero-order valence-electron chi connectivity index (χ0n) is 10.8. The van der Waals surface area contributed by atoms with Crippen molar-refractivity contribution in [2.24, 2.45) is 10.7 Å². The Balaban J connectivity index is 1.83. The van der Waals surface area contributed by atoms with Crippen molar-refractivity contribution in [3.05, 3.63) is 0 Å². The first-order valence-corrected chi connectivity index (χ1v) is 8.21. The molecule has 98 valence electrons. The molecular formula is C13H25N3S. The third-order valence-corrected chi connectivity index (χ3v) is 5.14. The van der Waals surface area contributed by atoms with Gasteiger partial charge in [-0.25, -0.2) is 4.99 Å². The van der Waals surface area contributed by atoms with E-state index in [1.54, 1.807) is 0 Å². The van der Waals surface area contributed by atoms with E-state index in [1.165, 1.54) is 51.4 Å². The molecule has 0 heterocycles. The Hall–Kier alpha value is -0.380. The molecule has 0 aromatic rings. The van der Waals surface area contributed by atoms with E-state index in [0.29, 0.717) is 23.3 Å². The van der Waals surface area contributed by atoms with Crippen LogP contribution in [0.15, 0.2) is 4.99 Å². The second kappa shape index (κ2) is 6.53. The van der Waals surface area contributed by atoms with E-state index in [1.807, 2.05) is 11.8 Å². The molecule has 17 heavy (non-hydrogen) atoms. The minimum atomic E-state index is 0.445. The number of aliphatic imine (C=N–C) groups is 1. The topological polar surface area (TPSA) is 50.4 Å². The Morgan fingerprint density at radius 1 is 1.12 bits per heavy atom. The number of thioether (sulfide) groups is 1. The smallest absolute Gasteiger partial charge is 0.189 e. The van der Waals surface area contributed by atoms with E-state index in [2.05, 4.69) is 16.6 Å². The molecule has 0 aliphatic heterocycles. The number of nitrogens with two attached hydrogens (primary N) is 1. The summed E-state index contributed by atoms with van der Waals surface area (Å²) in [7, 11) is 0. The molecule has 2 aliphatic rings. The molecule has 4 heteroatoms. The fourth-order valence-corrected chi connectivity index (χ4v) is 3.91. The van der Waals surface area contributed by atoms with E-state index in [0.717, 1.165) is 0 Å². The lowest BCUT2D eigenvalue weighted by Crippen LogP contribution is -2.42. The van der Waals surface area contributed by atoms with Crippen molar-refractivity contribution < 1.29 is 0 Å². The van der Waals surface area contributed by atoms with Crippen LogP contribution in [0.3, 0.4) is 0 Å². The van der Waals surface area contributed by atoms with Crippen molar-refractivity contribution in [1.29, 1.82) is 0 Å². The Labute approximate surface area is 109 Å². The summed E-state index contributed by atoms with van der Waals surface area (Å²) in [6, 6.07) is 1.02. The van der Waals surface area contributed by atoms with Gasteiger partial charge in [0, 0.05) is 11.3 Å². The molecule has 2 atom stereocenters. The highest BCUT2D eigenvalue weighted by Crippen LogP contribution is 2.30. The first-order valence-electron chi connectivity index (χ1n) is 6.92. The molecule has 0 aromatic heterocycles. The van der Waals surface area contributed by atoms with Crippen molar-refractivity contribution in [2.45, 2.75) is 68.7 Å². The summed E-state index contributed by atoms with van der Waals surface area (Å²) in [5, 5.41) is 4.09. The average Bonchev–Trinajstić information content (AvgIpc) is 2.77. The molecular weight excluding hydrogens is 230 g/mol. The largest absolute Gasteiger partial charge is 0.370 e. The summed E-state index contributed by atoms with van der Waals surface area (Å²) < 4.78 is 0. The molecule has 0 radical (unpaired) electrons. The van der Waals surface area contributed by atoms with Gasteiger partial charge >= 0.3 is 0 Å². The van der Waals surface area contributed by atoms with Crippen molar-refractivity contribution in [3.8, 4) is 0 Å². The summed E-state index contributed by atoms with van der Waals surface area (Å²) >= 11 is 1.94. The van der Waals surface area contributed by atoms with Crippen LogP contribution in [0.1, 0.15) is 51.4 Å². The molecule has 2 unspecified atom stereocenters. The van der Waals surface area contributed by atoms with Gasteiger partial charge in [0.2, 0.25) is 0 Å². The van der Waals surface area contributed by atoms with Gasteiger partial charge in [0.25, 0.3) is 0 Å². The second-order valence-electron chi connectivity index (χ2n) is 5.27. The molecule has 0 bridgehead atoms. The van der Waals surface area contributed by atoms with Gasteiger partial charge in [0.05, 0.1) is 6.04 Å². The predicted molar refractivity (Wildman–Crippen MR) is 76.6 cm³/mol. The quantitative estimate of drug-likeness (QED) is 0.602. The summed E-state index contributed by atoms with van der Waals surface area (Å²) in [6.07, 6.45) is 12.6. The van der Waals surface area contributed by atoms with E-state index in [9.17, 15) is 0 Å². The lowest BCUT2D eigenvalue weighted by molar-refractivity contribution is 0.412. The molecule has 0 saturated heterocycles. The average molecular weight is 255 g/mol. The van der Waals surface area contributed by atoms with Crippen LogP contribution in [0.25, 0.3) is 0 Å². The number of nitrogens with one attached hydrogen (secondary N) is 1. The normalized spacial score (nSPS) is 31.7. The summed E-state index contributed by atoms with van der Waals surface area (Å²) in [4.78, 5) is 4.68. The predicted octanol–water partition coefficient (Wildman–Crippen LogP) is 2.51. The maximum atomic E-state index is 6.03. The highest BCUT2D eigenvalue weighted by atomic mass is 32.2. The van der Waals surface area contributed by atoms with Gasteiger partial charge < -0.3 is 11.1 Å². The van der Waals surface area contributed by atoms with E-state index >= 15 is 0 Å². The molecule has 3 N–H and O–H groups in total. The lowest BCUT2D eigenvalue weighted by atomic mass is 9.96. The molecule has 2 aliphatic carbocycles. The molecule has 2 rings (SSSR count). The monoisotopic (exact) mass is 255 g/mol. The molecule has 0 spiro atoms. The van der Waals surface area contributed by atoms with Crippen LogP contribution < -0.4 is 11.1 Å². The molecule has 0 amide bonds. The first-order chi connectivity index (χ1) is 8.29. The lowest BCUT2D eigenvalue weighted by Gasteiger charge is -2.24. The molecule has 2 fully saturated rings. The summed E-state index contributed by atoms with van der Waals surface area (Å²) in [5.74, 6) is 0.683. The number of nitrogens with zero attached hydrogens (tertiary/aromatic N) is 1. The van der Waals surface area contributed by atoms with E-state index in [-0.39, 0.29) is 0 Å². The maximum Gasteiger partial charge on any atom is 0.189 e. The van der Waals surface area contributed by atoms with Crippen molar-refractivity contribution in [2.75, 3.05) is 6.26 Å². The fourth-order valence-electron chi connectivity index (χ4n) is 3.00. The first kappa shape index (κ1) is 13.1. The van der Waals surface area contributed by atoms with Crippen LogP contribution in [0, 0.1) is 0 Å². The number of guanidine groups is 1. The molecule has 3 nitrogen and oxygen atoms in total. The zero-order valence-corrected chi connectivity index (χ0v) is 11.6. The van der Waals surface area contributed by atoms with Gasteiger partial charge in [-0.05, 0) is 31.9 Å². The fraction of sp³-hybridized carbons (Fsp3) is 0.923. The maximum absolute atomic E-state index is 6.03. The number of rotatable bonds is 3. The van der Waals surface area contributed by atoms with Gasteiger partial charge in [0.15, 0.2) is 5.96 Å². The minimum Gasteiger partial charge on any atom is -0.370 e. The number of hydrogen-bond acceptors (Lipinski definition) is 2. The third kappa shape index (κ3) is 3.80. The summed E-state index contributed by atoms with van der Waals surface area (Å²) in [5.41, 5.74) is 6.03. The zero-order chi connectivity index (χ0) is 12.1. The van der Waals surface area contributed by atoms with Crippen molar-refractivity contribution in [1.82, 2.24) is 5.32 Å². The van der Waals surface area contributed by atoms with Crippen LogP contribution in [-0.4, -0.2) is 29.5 Å². The SMILES string of the molecule is CSC1CCCC1N=C(N)NC1CCCCC1. The summed E-state index contributed by atoms with van der Waals surface area (Å²) in [6.45, 7) is 0. The molecule has 0 aromatic carbocycles. The van der Waals surface area contributed by atoms with E-state index < -0.39 is 0 Å². The van der Waals surface area contributed by atoms with Crippen LogP contribution in [0.2, 0.25) is 0 Å². The van der Waals surface area contributed by atoms with Gasteiger partial charge in [-0.2, -0.15) is 11.8 Å². The minimum absolute atomic E-state index is 0.445. The highest BCUT2D eigenvalue weighted by molar-refractivity contribution is 7.99. The Bertz CT molecular complexity index is 261. The van der Waals surface area contributed by atoms with Crippen LogP contribution >= 0.6 is 11.8 Å². The van der Waals surface area contributed by atoms with Crippen molar-refractivity contribution >= 4 is 17.7 Å². The van der Waals surface area contributed by atoms with Crippen LogP contribution in [0.4, 0.5) is 0 Å². The number of hydrogen-bond donors (Lipinski definition) is 2. The molecule has 2 saturated carbocycles. The Morgan fingerprint density at radius 3 is 2.59 bits per heavy atom. The van der Waals surface area contributed by atoms with Gasteiger partial charge in [0.1, 0.15) is 0 Å².